The standard InChI is InChI=1S/C22H27BrN2O3S/c1-17(18-9-8-10-19(23)15-18)24-22(26)16-25(20-11-4-2-5-12-20)29(27,28)21-13-6-3-7-14-21/h3,6-10,13-15,17,20H,2,4-5,11-12,16H2,1H3,(H,24,26)/t17-/m0/s1. The van der Waals surface area contributed by atoms with Gasteiger partial charge in [-0.25, -0.2) is 8.42 Å². The highest BCUT2D eigenvalue weighted by atomic mass is 79.9. The van der Waals surface area contributed by atoms with Crippen molar-refractivity contribution in [1.29, 1.82) is 0 Å². The highest BCUT2D eigenvalue weighted by Crippen LogP contribution is 2.28. The maximum atomic E-state index is 13.3. The summed E-state index contributed by atoms with van der Waals surface area (Å²) in [5.74, 6) is -0.289. The zero-order valence-electron chi connectivity index (χ0n) is 16.6. The lowest BCUT2D eigenvalue weighted by molar-refractivity contribution is -0.122. The number of sulfonamides is 1. The van der Waals surface area contributed by atoms with Crippen molar-refractivity contribution in [2.45, 2.75) is 56.0 Å². The van der Waals surface area contributed by atoms with Crippen LogP contribution in [0.4, 0.5) is 0 Å². The normalized spacial score (nSPS) is 16.5. The summed E-state index contributed by atoms with van der Waals surface area (Å²) in [5, 5.41) is 2.95. The molecule has 1 aliphatic carbocycles. The highest BCUT2D eigenvalue weighted by Gasteiger charge is 2.34. The van der Waals surface area contributed by atoms with Gasteiger partial charge in [-0.3, -0.25) is 4.79 Å². The lowest BCUT2D eigenvalue weighted by Crippen LogP contribution is -2.47. The van der Waals surface area contributed by atoms with E-state index in [1.807, 2.05) is 31.2 Å². The van der Waals surface area contributed by atoms with Crippen molar-refractivity contribution >= 4 is 31.9 Å². The Morgan fingerprint density at radius 1 is 1.10 bits per heavy atom. The van der Waals surface area contributed by atoms with Crippen LogP contribution in [0.5, 0.6) is 0 Å². The van der Waals surface area contributed by atoms with E-state index in [0.717, 1.165) is 42.1 Å². The molecule has 0 spiro atoms. The molecule has 1 amide bonds. The number of carbonyl (C=O) groups is 1. The molecule has 7 heteroatoms. The van der Waals surface area contributed by atoms with Crippen LogP contribution in [0.3, 0.4) is 0 Å². The molecular weight excluding hydrogens is 452 g/mol. The van der Waals surface area contributed by atoms with Gasteiger partial charge in [0.15, 0.2) is 0 Å². The van der Waals surface area contributed by atoms with Gasteiger partial charge in [0.25, 0.3) is 0 Å². The zero-order valence-corrected chi connectivity index (χ0v) is 19.0. The fourth-order valence-electron chi connectivity index (χ4n) is 3.80. The molecule has 0 radical (unpaired) electrons. The fourth-order valence-corrected chi connectivity index (χ4v) is 5.87. The molecule has 0 aliphatic heterocycles. The van der Waals surface area contributed by atoms with Crippen LogP contribution in [0.15, 0.2) is 64.0 Å². The minimum Gasteiger partial charge on any atom is -0.348 e. The average Bonchev–Trinajstić information content (AvgIpc) is 2.73. The molecule has 2 aromatic rings. The Kier molecular flexibility index (Phi) is 7.49. The van der Waals surface area contributed by atoms with Crippen LogP contribution < -0.4 is 5.32 Å². The van der Waals surface area contributed by atoms with Gasteiger partial charge in [0.1, 0.15) is 0 Å². The van der Waals surface area contributed by atoms with Gasteiger partial charge >= 0.3 is 0 Å². The Bertz CT molecular complexity index is 928. The van der Waals surface area contributed by atoms with Gasteiger partial charge in [0.2, 0.25) is 15.9 Å². The molecular formula is C22H27BrN2O3S. The lowest BCUT2D eigenvalue weighted by Gasteiger charge is -2.33. The highest BCUT2D eigenvalue weighted by molar-refractivity contribution is 9.10. The monoisotopic (exact) mass is 478 g/mol. The third kappa shape index (κ3) is 5.68. The molecule has 1 aliphatic rings. The number of benzene rings is 2. The molecule has 1 N–H and O–H groups in total. The van der Waals surface area contributed by atoms with Crippen molar-refractivity contribution < 1.29 is 13.2 Å². The second-order valence-corrected chi connectivity index (χ2v) is 10.3. The number of carbonyl (C=O) groups excluding carboxylic acids is 1. The maximum absolute atomic E-state index is 13.3. The van der Waals surface area contributed by atoms with E-state index in [4.69, 9.17) is 0 Å². The molecule has 3 rings (SSSR count). The van der Waals surface area contributed by atoms with Crippen LogP contribution in [0.1, 0.15) is 50.6 Å². The number of halogens is 1. The third-order valence-corrected chi connectivity index (χ3v) is 7.76. The van der Waals surface area contributed by atoms with E-state index in [-0.39, 0.29) is 29.4 Å². The quantitative estimate of drug-likeness (QED) is 0.629. The summed E-state index contributed by atoms with van der Waals surface area (Å²) >= 11 is 3.44. The van der Waals surface area contributed by atoms with E-state index < -0.39 is 10.0 Å². The van der Waals surface area contributed by atoms with E-state index in [1.54, 1.807) is 30.3 Å². The number of nitrogens with one attached hydrogen (secondary N) is 1. The smallest absolute Gasteiger partial charge is 0.243 e. The van der Waals surface area contributed by atoms with Crippen LogP contribution in [0, 0.1) is 0 Å². The lowest BCUT2D eigenvalue weighted by atomic mass is 9.95. The SMILES string of the molecule is C[C@H](NC(=O)CN(C1CCCCC1)S(=O)(=O)c1ccccc1)c1cccc(Br)c1. The summed E-state index contributed by atoms with van der Waals surface area (Å²) in [6.07, 6.45) is 4.67. The largest absolute Gasteiger partial charge is 0.348 e. The first kappa shape index (κ1) is 22.0. The number of rotatable bonds is 7. The topological polar surface area (TPSA) is 66.5 Å². The van der Waals surface area contributed by atoms with Gasteiger partial charge in [0.05, 0.1) is 17.5 Å². The number of hydrogen-bond donors (Lipinski definition) is 1. The second kappa shape index (κ2) is 9.87. The Hall–Kier alpha value is -1.70. The summed E-state index contributed by atoms with van der Waals surface area (Å²) < 4.78 is 29.0. The van der Waals surface area contributed by atoms with E-state index in [2.05, 4.69) is 21.2 Å². The van der Waals surface area contributed by atoms with E-state index in [0.29, 0.717) is 0 Å². The Morgan fingerprint density at radius 2 is 1.79 bits per heavy atom. The van der Waals surface area contributed by atoms with Crippen molar-refractivity contribution in [3.63, 3.8) is 0 Å². The zero-order chi connectivity index (χ0) is 20.9. The van der Waals surface area contributed by atoms with Crippen molar-refractivity contribution in [2.24, 2.45) is 0 Å². The molecule has 1 saturated carbocycles. The van der Waals surface area contributed by atoms with E-state index >= 15 is 0 Å². The molecule has 5 nitrogen and oxygen atoms in total. The van der Waals surface area contributed by atoms with Crippen molar-refractivity contribution in [3.05, 3.63) is 64.6 Å². The minimum atomic E-state index is -3.74. The minimum absolute atomic E-state index is 0.138. The van der Waals surface area contributed by atoms with Crippen LogP contribution in [0.25, 0.3) is 0 Å². The van der Waals surface area contributed by atoms with Gasteiger partial charge in [-0.05, 0) is 49.6 Å². The summed E-state index contributed by atoms with van der Waals surface area (Å²) in [6, 6.07) is 15.8. The summed E-state index contributed by atoms with van der Waals surface area (Å²) in [5.41, 5.74) is 0.961. The van der Waals surface area contributed by atoms with E-state index in [1.165, 1.54) is 4.31 Å². The van der Waals surface area contributed by atoms with Gasteiger partial charge in [0, 0.05) is 10.5 Å². The molecule has 0 bridgehead atoms. The molecule has 0 unspecified atom stereocenters. The third-order valence-electron chi connectivity index (χ3n) is 5.36. The number of nitrogens with zero attached hydrogens (tertiary/aromatic N) is 1. The first-order chi connectivity index (χ1) is 13.9. The Morgan fingerprint density at radius 3 is 2.45 bits per heavy atom. The second-order valence-electron chi connectivity index (χ2n) is 7.50. The maximum Gasteiger partial charge on any atom is 0.243 e. The first-order valence-electron chi connectivity index (χ1n) is 9.99. The average molecular weight is 479 g/mol. The number of hydrogen-bond acceptors (Lipinski definition) is 3. The van der Waals surface area contributed by atoms with Crippen LogP contribution >= 0.6 is 15.9 Å². The first-order valence-corrected chi connectivity index (χ1v) is 12.2. The fraction of sp³-hybridized carbons (Fsp3) is 0.409. The van der Waals surface area contributed by atoms with Gasteiger partial charge in [-0.15, -0.1) is 0 Å². The molecule has 2 aromatic carbocycles. The van der Waals surface area contributed by atoms with Crippen molar-refractivity contribution in [1.82, 2.24) is 9.62 Å². The molecule has 29 heavy (non-hydrogen) atoms. The predicted octanol–water partition coefficient (Wildman–Crippen LogP) is 4.65. The molecule has 0 aromatic heterocycles. The summed E-state index contributed by atoms with van der Waals surface area (Å²) in [7, 11) is -3.74. The Labute approximate surface area is 181 Å². The van der Waals surface area contributed by atoms with E-state index in [9.17, 15) is 13.2 Å². The Balaban J connectivity index is 1.78. The van der Waals surface area contributed by atoms with Crippen LogP contribution in [0.2, 0.25) is 0 Å². The van der Waals surface area contributed by atoms with Gasteiger partial charge in [-0.2, -0.15) is 4.31 Å². The van der Waals surface area contributed by atoms with Crippen molar-refractivity contribution in [2.75, 3.05) is 6.54 Å². The molecule has 1 atom stereocenters. The predicted molar refractivity (Wildman–Crippen MR) is 118 cm³/mol. The number of amides is 1. The molecule has 156 valence electrons. The molecule has 1 fully saturated rings. The van der Waals surface area contributed by atoms with Crippen LogP contribution in [-0.2, 0) is 14.8 Å². The molecule has 0 saturated heterocycles. The summed E-state index contributed by atoms with van der Waals surface area (Å²) in [6.45, 7) is 1.73. The summed E-state index contributed by atoms with van der Waals surface area (Å²) in [4.78, 5) is 13.0. The van der Waals surface area contributed by atoms with Crippen LogP contribution in [-0.4, -0.2) is 31.2 Å². The molecule has 0 heterocycles. The van der Waals surface area contributed by atoms with Gasteiger partial charge in [-0.1, -0.05) is 65.5 Å². The van der Waals surface area contributed by atoms with Gasteiger partial charge < -0.3 is 5.32 Å². The van der Waals surface area contributed by atoms with Crippen molar-refractivity contribution in [3.8, 4) is 0 Å².